The molecule has 1 N–H and O–H groups in total. The van der Waals surface area contributed by atoms with E-state index < -0.39 is 0 Å². The number of hydrogen-bond donors (Lipinski definition) is 1. The summed E-state index contributed by atoms with van der Waals surface area (Å²) in [5.74, 6) is 1.02. The van der Waals surface area contributed by atoms with Gasteiger partial charge in [0.25, 0.3) is 0 Å². The summed E-state index contributed by atoms with van der Waals surface area (Å²) in [5, 5.41) is 3.65. The van der Waals surface area contributed by atoms with Gasteiger partial charge in [0.15, 0.2) is 0 Å². The van der Waals surface area contributed by atoms with E-state index >= 15 is 0 Å². The van der Waals surface area contributed by atoms with Crippen LogP contribution in [0.5, 0.6) is 5.75 Å². The Hall–Kier alpha value is -1.02. The molecule has 0 atom stereocenters. The summed E-state index contributed by atoms with van der Waals surface area (Å²) in [6, 6.07) is 7.16. The van der Waals surface area contributed by atoms with Gasteiger partial charge in [-0.15, -0.1) is 0 Å². The molecule has 0 amide bonds. The molecule has 17 heavy (non-hydrogen) atoms. The average molecular weight is 233 g/mol. The number of hydrogen-bond acceptors (Lipinski definition) is 2. The van der Waals surface area contributed by atoms with Crippen LogP contribution in [0.3, 0.4) is 0 Å². The van der Waals surface area contributed by atoms with E-state index in [1.54, 1.807) is 7.11 Å². The quantitative estimate of drug-likeness (QED) is 0.844. The van der Waals surface area contributed by atoms with Gasteiger partial charge in [-0.2, -0.15) is 0 Å². The third-order valence-electron chi connectivity index (χ3n) is 3.62. The average Bonchev–Trinajstić information content (AvgIpc) is 2.82. The number of aryl methyl sites for hydroxylation is 1. The normalized spacial score (nSPS) is 16.4. The van der Waals surface area contributed by atoms with Crippen molar-refractivity contribution in [1.82, 2.24) is 5.32 Å². The van der Waals surface area contributed by atoms with E-state index in [1.807, 2.05) is 0 Å². The van der Waals surface area contributed by atoms with Gasteiger partial charge in [0, 0.05) is 6.04 Å². The fourth-order valence-corrected chi connectivity index (χ4v) is 2.64. The molecule has 1 aliphatic carbocycles. The maximum atomic E-state index is 5.40. The minimum atomic E-state index is 0.755. The highest BCUT2D eigenvalue weighted by Gasteiger charge is 2.13. The molecule has 1 saturated carbocycles. The van der Waals surface area contributed by atoms with Gasteiger partial charge in [-0.1, -0.05) is 30.5 Å². The van der Waals surface area contributed by atoms with E-state index in [0.29, 0.717) is 0 Å². The molecule has 0 bridgehead atoms. The summed E-state index contributed by atoms with van der Waals surface area (Å²) in [4.78, 5) is 0. The first-order valence-electron chi connectivity index (χ1n) is 6.66. The van der Waals surface area contributed by atoms with Crippen molar-refractivity contribution >= 4 is 0 Å². The van der Waals surface area contributed by atoms with Crippen LogP contribution in [-0.4, -0.2) is 19.7 Å². The third kappa shape index (κ3) is 3.47. The lowest BCUT2D eigenvalue weighted by Gasteiger charge is -2.13. The molecule has 1 aromatic rings. The summed E-state index contributed by atoms with van der Waals surface area (Å²) in [5.41, 5.74) is 2.62. The van der Waals surface area contributed by atoms with E-state index in [1.165, 1.54) is 36.8 Å². The first-order chi connectivity index (χ1) is 8.29. The SMILES string of the molecule is COc1ccc(C)cc1CCNC1CCCC1. The number of ether oxygens (including phenoxy) is 1. The van der Waals surface area contributed by atoms with Crippen LogP contribution in [-0.2, 0) is 6.42 Å². The molecule has 0 unspecified atom stereocenters. The van der Waals surface area contributed by atoms with Gasteiger partial charge in [0.1, 0.15) is 5.75 Å². The first kappa shape index (κ1) is 12.4. The Morgan fingerprint density at radius 3 is 2.76 bits per heavy atom. The largest absolute Gasteiger partial charge is 0.496 e. The number of nitrogens with one attached hydrogen (secondary N) is 1. The van der Waals surface area contributed by atoms with Crippen LogP contribution >= 0.6 is 0 Å². The zero-order chi connectivity index (χ0) is 12.1. The van der Waals surface area contributed by atoms with Crippen LogP contribution in [0.15, 0.2) is 18.2 Å². The molecule has 0 spiro atoms. The van der Waals surface area contributed by atoms with E-state index in [-0.39, 0.29) is 0 Å². The second-order valence-electron chi connectivity index (χ2n) is 5.00. The van der Waals surface area contributed by atoms with Gasteiger partial charge < -0.3 is 10.1 Å². The minimum absolute atomic E-state index is 0.755. The van der Waals surface area contributed by atoms with E-state index in [0.717, 1.165) is 24.8 Å². The van der Waals surface area contributed by atoms with Crippen molar-refractivity contribution in [2.75, 3.05) is 13.7 Å². The smallest absolute Gasteiger partial charge is 0.122 e. The van der Waals surface area contributed by atoms with Crippen molar-refractivity contribution < 1.29 is 4.74 Å². The molecule has 0 heterocycles. The summed E-state index contributed by atoms with van der Waals surface area (Å²) >= 11 is 0. The van der Waals surface area contributed by atoms with Crippen LogP contribution in [0.4, 0.5) is 0 Å². The highest BCUT2D eigenvalue weighted by atomic mass is 16.5. The standard InChI is InChI=1S/C15H23NO/c1-12-7-8-15(17-2)13(11-12)9-10-16-14-5-3-4-6-14/h7-8,11,14,16H,3-6,9-10H2,1-2H3. The summed E-state index contributed by atoms with van der Waals surface area (Å²) in [6.07, 6.45) is 6.55. The van der Waals surface area contributed by atoms with Crippen LogP contribution in [0.1, 0.15) is 36.8 Å². The summed E-state index contributed by atoms with van der Waals surface area (Å²) in [6.45, 7) is 3.19. The predicted molar refractivity (Wildman–Crippen MR) is 71.7 cm³/mol. The van der Waals surface area contributed by atoms with Crippen LogP contribution in [0, 0.1) is 6.92 Å². The topological polar surface area (TPSA) is 21.3 Å². The third-order valence-corrected chi connectivity index (χ3v) is 3.62. The van der Waals surface area contributed by atoms with Crippen molar-refractivity contribution in [3.63, 3.8) is 0 Å². The summed E-state index contributed by atoms with van der Waals surface area (Å²) in [7, 11) is 1.75. The maximum absolute atomic E-state index is 5.40. The Balaban J connectivity index is 1.86. The highest BCUT2D eigenvalue weighted by molar-refractivity contribution is 5.37. The molecule has 1 aliphatic rings. The van der Waals surface area contributed by atoms with Crippen molar-refractivity contribution in [3.05, 3.63) is 29.3 Å². The van der Waals surface area contributed by atoms with Gasteiger partial charge in [-0.3, -0.25) is 0 Å². The fourth-order valence-electron chi connectivity index (χ4n) is 2.64. The van der Waals surface area contributed by atoms with E-state index in [2.05, 4.69) is 30.4 Å². The van der Waals surface area contributed by atoms with Gasteiger partial charge in [0.05, 0.1) is 7.11 Å². The lowest BCUT2D eigenvalue weighted by atomic mass is 10.1. The molecule has 1 aromatic carbocycles. The molecular weight excluding hydrogens is 210 g/mol. The Morgan fingerprint density at radius 2 is 2.06 bits per heavy atom. The Kier molecular flexibility index (Phi) is 4.43. The molecule has 0 aromatic heterocycles. The Labute approximate surface area is 104 Å². The molecule has 2 nitrogen and oxygen atoms in total. The maximum Gasteiger partial charge on any atom is 0.122 e. The van der Waals surface area contributed by atoms with Crippen molar-refractivity contribution in [2.45, 2.75) is 45.1 Å². The van der Waals surface area contributed by atoms with Gasteiger partial charge in [-0.25, -0.2) is 0 Å². The van der Waals surface area contributed by atoms with Crippen molar-refractivity contribution in [1.29, 1.82) is 0 Å². The minimum Gasteiger partial charge on any atom is -0.496 e. The fraction of sp³-hybridized carbons (Fsp3) is 0.600. The van der Waals surface area contributed by atoms with E-state index in [9.17, 15) is 0 Å². The number of benzene rings is 1. The van der Waals surface area contributed by atoms with E-state index in [4.69, 9.17) is 4.74 Å². The van der Waals surface area contributed by atoms with Crippen LogP contribution < -0.4 is 10.1 Å². The highest BCUT2D eigenvalue weighted by Crippen LogP contribution is 2.21. The molecule has 2 rings (SSSR count). The first-order valence-corrected chi connectivity index (χ1v) is 6.66. The number of methoxy groups -OCH3 is 1. The molecular formula is C15H23NO. The molecule has 0 saturated heterocycles. The lowest BCUT2D eigenvalue weighted by Crippen LogP contribution is -2.28. The Morgan fingerprint density at radius 1 is 1.29 bits per heavy atom. The second kappa shape index (κ2) is 6.06. The monoisotopic (exact) mass is 233 g/mol. The molecule has 0 radical (unpaired) electrons. The zero-order valence-electron chi connectivity index (χ0n) is 11.0. The molecule has 2 heteroatoms. The lowest BCUT2D eigenvalue weighted by molar-refractivity contribution is 0.408. The van der Waals surface area contributed by atoms with Gasteiger partial charge >= 0.3 is 0 Å². The van der Waals surface area contributed by atoms with Crippen LogP contribution in [0.2, 0.25) is 0 Å². The zero-order valence-corrected chi connectivity index (χ0v) is 11.0. The summed E-state index contributed by atoms with van der Waals surface area (Å²) < 4.78 is 5.40. The van der Waals surface area contributed by atoms with Gasteiger partial charge in [-0.05, 0) is 44.4 Å². The second-order valence-corrected chi connectivity index (χ2v) is 5.00. The van der Waals surface area contributed by atoms with Crippen molar-refractivity contribution in [2.24, 2.45) is 0 Å². The Bertz CT molecular complexity index is 356. The molecule has 0 aliphatic heterocycles. The van der Waals surface area contributed by atoms with Crippen LogP contribution in [0.25, 0.3) is 0 Å². The predicted octanol–water partition coefficient (Wildman–Crippen LogP) is 3.08. The number of rotatable bonds is 5. The van der Waals surface area contributed by atoms with Crippen molar-refractivity contribution in [3.8, 4) is 5.75 Å². The molecule has 94 valence electrons. The molecule has 1 fully saturated rings. The van der Waals surface area contributed by atoms with Gasteiger partial charge in [0.2, 0.25) is 0 Å².